The fourth-order valence-electron chi connectivity index (χ4n) is 4.35. The number of aryl methyl sites for hydroxylation is 2. The predicted octanol–water partition coefficient (Wildman–Crippen LogP) is 5.81. The van der Waals surface area contributed by atoms with Gasteiger partial charge in [0.2, 0.25) is 0 Å². The molecule has 0 aliphatic heterocycles. The number of anilines is 2. The molecule has 0 radical (unpaired) electrons. The van der Waals surface area contributed by atoms with Gasteiger partial charge in [0.25, 0.3) is 0 Å². The zero-order valence-electron chi connectivity index (χ0n) is 21.0. The first-order chi connectivity index (χ1) is 16.8. The highest BCUT2D eigenvalue weighted by Crippen LogP contribution is 2.32. The zero-order chi connectivity index (χ0) is 24.7. The molecule has 0 fully saturated rings. The number of aromatic nitrogens is 4. The van der Waals surface area contributed by atoms with Gasteiger partial charge in [0.15, 0.2) is 0 Å². The Morgan fingerprint density at radius 1 is 0.971 bits per heavy atom. The third-order valence-electron chi connectivity index (χ3n) is 6.22. The van der Waals surface area contributed by atoms with Crippen LogP contribution in [0.1, 0.15) is 29.9 Å². The minimum Gasteiger partial charge on any atom is -0.497 e. The molecule has 1 N–H and O–H groups in total. The summed E-state index contributed by atoms with van der Waals surface area (Å²) in [6, 6.07) is 18.9. The quantitative estimate of drug-likeness (QED) is 0.341. The Bertz CT molecular complexity index is 1540. The average Bonchev–Trinajstić information content (AvgIpc) is 3.28. The maximum atomic E-state index is 5.59. The molecular weight excluding hydrogens is 436 g/mol. The smallest absolute Gasteiger partial charge is 0.147 e. The number of rotatable bonds is 6. The Morgan fingerprint density at radius 2 is 1.80 bits per heavy atom. The van der Waals surface area contributed by atoms with Gasteiger partial charge in [0.1, 0.15) is 28.9 Å². The third kappa shape index (κ3) is 4.37. The van der Waals surface area contributed by atoms with Crippen LogP contribution in [0.4, 0.5) is 11.6 Å². The molecular formula is C28H30N6O. The second-order valence-corrected chi connectivity index (χ2v) is 9.13. The molecule has 0 amide bonds. The van der Waals surface area contributed by atoms with Crippen molar-refractivity contribution in [2.45, 2.75) is 26.8 Å². The number of nitrogens with zero attached hydrogens (tertiary/aromatic N) is 5. The van der Waals surface area contributed by atoms with Crippen LogP contribution in [0, 0.1) is 13.8 Å². The number of nitrogens with one attached hydrogen (secondary N) is 1. The molecule has 35 heavy (non-hydrogen) atoms. The van der Waals surface area contributed by atoms with Crippen molar-refractivity contribution in [3.05, 3.63) is 77.7 Å². The van der Waals surface area contributed by atoms with E-state index >= 15 is 0 Å². The molecule has 5 rings (SSSR count). The SMILES string of the molecule is COc1cc(-c2ccc3nc(C)nc(N[C@H](C)c4cccc(C)c4)c3c2)n2cc(N(C)C)nc2c1. The van der Waals surface area contributed by atoms with Crippen molar-refractivity contribution in [2.75, 3.05) is 31.4 Å². The summed E-state index contributed by atoms with van der Waals surface area (Å²) in [5.74, 6) is 3.20. The van der Waals surface area contributed by atoms with Crippen molar-refractivity contribution >= 4 is 28.2 Å². The molecule has 3 aromatic heterocycles. The van der Waals surface area contributed by atoms with Gasteiger partial charge in [-0.15, -0.1) is 0 Å². The molecule has 0 saturated carbocycles. The fourth-order valence-corrected chi connectivity index (χ4v) is 4.35. The van der Waals surface area contributed by atoms with Crippen LogP contribution in [0.2, 0.25) is 0 Å². The van der Waals surface area contributed by atoms with E-state index in [0.29, 0.717) is 0 Å². The normalized spacial score (nSPS) is 12.2. The predicted molar refractivity (Wildman–Crippen MR) is 143 cm³/mol. The Balaban J connectivity index is 1.64. The van der Waals surface area contributed by atoms with Crippen LogP contribution in [0.3, 0.4) is 0 Å². The largest absolute Gasteiger partial charge is 0.497 e. The summed E-state index contributed by atoms with van der Waals surface area (Å²) in [4.78, 5) is 16.2. The molecule has 5 aromatic rings. The van der Waals surface area contributed by atoms with Gasteiger partial charge in [0, 0.05) is 37.7 Å². The number of ether oxygens (including phenoxy) is 1. The van der Waals surface area contributed by atoms with E-state index in [0.717, 1.165) is 51.0 Å². The van der Waals surface area contributed by atoms with E-state index in [1.54, 1.807) is 7.11 Å². The van der Waals surface area contributed by atoms with Crippen LogP contribution in [0.5, 0.6) is 5.75 Å². The molecule has 3 heterocycles. The molecule has 178 valence electrons. The average molecular weight is 467 g/mol. The molecule has 1 atom stereocenters. The van der Waals surface area contributed by atoms with Crippen LogP contribution in [0.15, 0.2) is 60.8 Å². The molecule has 0 saturated heterocycles. The van der Waals surface area contributed by atoms with Gasteiger partial charge in [-0.1, -0.05) is 35.9 Å². The van der Waals surface area contributed by atoms with Gasteiger partial charge >= 0.3 is 0 Å². The third-order valence-corrected chi connectivity index (χ3v) is 6.22. The van der Waals surface area contributed by atoms with E-state index < -0.39 is 0 Å². The van der Waals surface area contributed by atoms with Gasteiger partial charge in [-0.05, 0) is 44.0 Å². The molecule has 0 aliphatic carbocycles. The lowest BCUT2D eigenvalue weighted by Gasteiger charge is -2.18. The van der Waals surface area contributed by atoms with E-state index in [9.17, 15) is 0 Å². The summed E-state index contributed by atoms with van der Waals surface area (Å²) in [7, 11) is 5.65. The number of methoxy groups -OCH3 is 1. The number of imidazole rings is 1. The van der Waals surface area contributed by atoms with Crippen molar-refractivity contribution in [3.63, 3.8) is 0 Å². The van der Waals surface area contributed by atoms with E-state index in [1.807, 2.05) is 44.2 Å². The summed E-state index contributed by atoms with van der Waals surface area (Å²) >= 11 is 0. The monoisotopic (exact) mass is 466 g/mol. The number of benzene rings is 2. The molecule has 0 unspecified atom stereocenters. The Hall–Kier alpha value is -4.13. The molecule has 7 nitrogen and oxygen atoms in total. The fraction of sp³-hybridized carbons (Fsp3) is 0.250. The number of fused-ring (bicyclic) bond motifs is 2. The van der Waals surface area contributed by atoms with Crippen LogP contribution in [0.25, 0.3) is 27.8 Å². The van der Waals surface area contributed by atoms with Crippen LogP contribution in [-0.4, -0.2) is 40.6 Å². The van der Waals surface area contributed by atoms with Crippen molar-refractivity contribution < 1.29 is 4.74 Å². The standard InChI is InChI=1S/C28H30N6O/c1-17-8-7-9-20(12-17)18(2)29-28-23-13-21(10-11-24(23)30-19(3)31-28)25-14-22(35-6)15-26-32-27(33(4)5)16-34(25)26/h7-16,18H,1-6H3,(H,29,30,31)/t18-/m1/s1. The number of hydrogen-bond acceptors (Lipinski definition) is 6. The van der Waals surface area contributed by atoms with E-state index in [2.05, 4.69) is 71.0 Å². The van der Waals surface area contributed by atoms with E-state index in [-0.39, 0.29) is 6.04 Å². The molecule has 2 aromatic carbocycles. The van der Waals surface area contributed by atoms with Crippen LogP contribution >= 0.6 is 0 Å². The maximum absolute atomic E-state index is 5.59. The van der Waals surface area contributed by atoms with Gasteiger partial charge in [-0.25, -0.2) is 15.0 Å². The molecule has 0 aliphatic rings. The van der Waals surface area contributed by atoms with Crippen molar-refractivity contribution in [1.82, 2.24) is 19.4 Å². The van der Waals surface area contributed by atoms with Gasteiger partial charge in [0.05, 0.1) is 24.5 Å². The first-order valence-electron chi connectivity index (χ1n) is 11.7. The molecule has 0 bridgehead atoms. The lowest BCUT2D eigenvalue weighted by atomic mass is 10.0. The van der Waals surface area contributed by atoms with E-state index in [4.69, 9.17) is 14.7 Å². The van der Waals surface area contributed by atoms with E-state index in [1.165, 1.54) is 11.1 Å². The van der Waals surface area contributed by atoms with Gasteiger partial charge in [-0.2, -0.15) is 0 Å². The van der Waals surface area contributed by atoms with Crippen LogP contribution in [-0.2, 0) is 0 Å². The first-order valence-corrected chi connectivity index (χ1v) is 11.7. The lowest BCUT2D eigenvalue weighted by Crippen LogP contribution is -2.10. The second-order valence-electron chi connectivity index (χ2n) is 9.13. The highest BCUT2D eigenvalue weighted by Gasteiger charge is 2.15. The zero-order valence-corrected chi connectivity index (χ0v) is 21.0. The Morgan fingerprint density at radius 3 is 2.54 bits per heavy atom. The summed E-state index contributed by atoms with van der Waals surface area (Å²) in [5.41, 5.74) is 6.20. The van der Waals surface area contributed by atoms with Crippen LogP contribution < -0.4 is 15.0 Å². The lowest BCUT2D eigenvalue weighted by molar-refractivity contribution is 0.415. The Labute approximate surface area is 205 Å². The molecule has 7 heteroatoms. The molecule has 0 spiro atoms. The highest BCUT2D eigenvalue weighted by atomic mass is 16.5. The van der Waals surface area contributed by atoms with Crippen molar-refractivity contribution in [3.8, 4) is 17.0 Å². The second kappa shape index (κ2) is 8.91. The highest BCUT2D eigenvalue weighted by molar-refractivity contribution is 5.93. The number of pyridine rings is 1. The van der Waals surface area contributed by atoms with Crippen molar-refractivity contribution in [1.29, 1.82) is 0 Å². The Kier molecular flexibility index (Phi) is 5.76. The topological polar surface area (TPSA) is 67.6 Å². The summed E-state index contributed by atoms with van der Waals surface area (Å²) in [5, 5.41) is 4.59. The summed E-state index contributed by atoms with van der Waals surface area (Å²) in [6.45, 7) is 6.19. The van der Waals surface area contributed by atoms with Crippen molar-refractivity contribution in [2.24, 2.45) is 0 Å². The van der Waals surface area contributed by atoms with Gasteiger partial charge < -0.3 is 15.0 Å². The summed E-state index contributed by atoms with van der Waals surface area (Å²) in [6.07, 6.45) is 2.04. The minimum absolute atomic E-state index is 0.0934. The number of hydrogen-bond donors (Lipinski definition) is 1. The maximum Gasteiger partial charge on any atom is 0.147 e. The van der Waals surface area contributed by atoms with Gasteiger partial charge in [-0.3, -0.25) is 4.40 Å². The minimum atomic E-state index is 0.0934. The first kappa shape index (κ1) is 22.7. The summed E-state index contributed by atoms with van der Waals surface area (Å²) < 4.78 is 7.68.